The zero-order valence-electron chi connectivity index (χ0n) is 23.1. The minimum absolute atomic E-state index is 0.0260. The van der Waals surface area contributed by atoms with E-state index in [2.05, 4.69) is 19.9 Å². The van der Waals surface area contributed by atoms with Crippen molar-refractivity contribution in [2.24, 2.45) is 12.5 Å². The minimum atomic E-state index is -4.45. The molecule has 11 nitrogen and oxygen atoms in total. The van der Waals surface area contributed by atoms with Gasteiger partial charge in [0, 0.05) is 37.6 Å². The Kier molecular flexibility index (Phi) is 7.41. The maximum atomic E-state index is 13.3. The van der Waals surface area contributed by atoms with Crippen LogP contribution in [-0.2, 0) is 17.1 Å². The van der Waals surface area contributed by atoms with Gasteiger partial charge in [0.1, 0.15) is 17.3 Å². The molecule has 4 rings (SSSR count). The highest BCUT2D eigenvalue weighted by Crippen LogP contribution is 2.38. The van der Waals surface area contributed by atoms with Gasteiger partial charge < -0.3 is 9.64 Å². The number of amides is 1. The number of hydrogen-bond donors (Lipinski definition) is 1. The number of pyridine rings is 1. The Morgan fingerprint density at radius 2 is 1.88 bits per heavy atom. The SMILES string of the molecule is Cc1nn(C)cc1S(=O)(=O)NC(=O)c1ccc(-n2ccc(OCC(C)(C)C(F)(F)F)n2)nc1N1CCCC1(C)C. The van der Waals surface area contributed by atoms with Crippen molar-refractivity contribution in [1.29, 1.82) is 0 Å². The van der Waals surface area contributed by atoms with Gasteiger partial charge in [-0.2, -0.15) is 18.3 Å². The number of ether oxygens (including phenoxy) is 1. The van der Waals surface area contributed by atoms with Gasteiger partial charge in [0.2, 0.25) is 5.88 Å². The van der Waals surface area contributed by atoms with Crippen LogP contribution in [0.3, 0.4) is 0 Å². The molecule has 0 aromatic carbocycles. The second-order valence-corrected chi connectivity index (χ2v) is 12.7. The van der Waals surface area contributed by atoms with E-state index in [1.807, 2.05) is 18.7 Å². The lowest BCUT2D eigenvalue weighted by Gasteiger charge is -2.34. The lowest BCUT2D eigenvalue weighted by Crippen LogP contribution is -2.41. The van der Waals surface area contributed by atoms with Crippen molar-refractivity contribution >= 4 is 21.7 Å². The second-order valence-electron chi connectivity index (χ2n) is 11.1. The van der Waals surface area contributed by atoms with Crippen LogP contribution in [0.25, 0.3) is 5.82 Å². The zero-order chi connectivity index (χ0) is 29.7. The van der Waals surface area contributed by atoms with E-state index in [0.717, 1.165) is 26.7 Å². The Morgan fingerprint density at radius 1 is 1.18 bits per heavy atom. The molecule has 0 saturated carbocycles. The summed E-state index contributed by atoms with van der Waals surface area (Å²) < 4.78 is 75.6. The molecule has 1 N–H and O–H groups in total. The maximum Gasteiger partial charge on any atom is 0.397 e. The third-order valence-corrected chi connectivity index (χ3v) is 8.33. The van der Waals surface area contributed by atoms with Gasteiger partial charge in [0.25, 0.3) is 15.9 Å². The summed E-state index contributed by atoms with van der Waals surface area (Å²) in [5.41, 5.74) is -2.17. The van der Waals surface area contributed by atoms with Crippen LogP contribution in [0.5, 0.6) is 5.88 Å². The van der Waals surface area contributed by atoms with Gasteiger partial charge in [0.05, 0.1) is 16.7 Å². The first kappa shape index (κ1) is 29.4. The third-order valence-electron chi connectivity index (χ3n) is 6.89. The number of alkyl halides is 3. The standard InChI is InChI=1S/C25H32F3N7O4S/c1-16-18(14-33(6)30-16)40(37,38)32-22(36)17-8-9-19(29-21(17)34-12-7-11-24(34,4)5)35-13-10-20(31-35)39-15-23(2,3)25(26,27)28/h8-10,13-14H,7,11-12,15H2,1-6H3,(H,32,36). The van der Waals surface area contributed by atoms with E-state index in [4.69, 9.17) is 4.74 Å². The van der Waals surface area contributed by atoms with Crippen LogP contribution in [0.1, 0.15) is 56.6 Å². The summed E-state index contributed by atoms with van der Waals surface area (Å²) in [4.78, 5) is 19.8. The molecule has 40 heavy (non-hydrogen) atoms. The van der Waals surface area contributed by atoms with E-state index in [9.17, 15) is 26.4 Å². The lowest BCUT2D eigenvalue weighted by atomic mass is 9.94. The van der Waals surface area contributed by atoms with E-state index in [0.29, 0.717) is 6.54 Å². The molecule has 0 spiro atoms. The summed E-state index contributed by atoms with van der Waals surface area (Å²) in [5.74, 6) is -0.363. The molecule has 0 radical (unpaired) electrons. The predicted octanol–water partition coefficient (Wildman–Crippen LogP) is 3.77. The highest BCUT2D eigenvalue weighted by Gasteiger charge is 2.48. The van der Waals surface area contributed by atoms with Gasteiger partial charge in [-0.15, -0.1) is 5.10 Å². The molecule has 0 bridgehead atoms. The van der Waals surface area contributed by atoms with E-state index in [-0.39, 0.29) is 39.2 Å². The third kappa shape index (κ3) is 5.78. The average Bonchev–Trinajstić information content (AvgIpc) is 3.54. The normalized spacial score (nSPS) is 15.9. The Balaban J connectivity index is 1.66. The number of carbonyl (C=O) groups excluding carboxylic acids is 1. The van der Waals surface area contributed by atoms with Crippen molar-refractivity contribution in [3.05, 3.63) is 41.9 Å². The topological polar surface area (TPSA) is 124 Å². The summed E-state index contributed by atoms with van der Waals surface area (Å²) >= 11 is 0. The van der Waals surface area contributed by atoms with Crippen molar-refractivity contribution in [3.8, 4) is 11.7 Å². The van der Waals surface area contributed by atoms with Crippen LogP contribution in [0.4, 0.5) is 19.0 Å². The highest BCUT2D eigenvalue weighted by atomic mass is 32.2. The molecule has 1 aliphatic heterocycles. The van der Waals surface area contributed by atoms with E-state index >= 15 is 0 Å². The molecule has 0 unspecified atom stereocenters. The molecule has 0 aliphatic carbocycles. The van der Waals surface area contributed by atoms with Gasteiger partial charge in [0.15, 0.2) is 5.82 Å². The van der Waals surface area contributed by atoms with Crippen LogP contribution in [0, 0.1) is 12.3 Å². The Morgan fingerprint density at radius 3 is 2.45 bits per heavy atom. The van der Waals surface area contributed by atoms with Crippen LogP contribution >= 0.6 is 0 Å². The van der Waals surface area contributed by atoms with Crippen molar-refractivity contribution in [1.82, 2.24) is 29.3 Å². The molecular weight excluding hydrogens is 551 g/mol. The summed E-state index contributed by atoms with van der Waals surface area (Å²) in [5, 5.41) is 8.23. The average molecular weight is 584 g/mol. The fourth-order valence-electron chi connectivity index (χ4n) is 4.37. The lowest BCUT2D eigenvalue weighted by molar-refractivity contribution is -0.219. The highest BCUT2D eigenvalue weighted by molar-refractivity contribution is 7.90. The molecule has 1 amide bonds. The predicted molar refractivity (Wildman–Crippen MR) is 140 cm³/mol. The number of anilines is 1. The molecule has 1 aliphatic rings. The van der Waals surface area contributed by atoms with Gasteiger partial charge in [-0.1, -0.05) is 0 Å². The van der Waals surface area contributed by atoms with Crippen molar-refractivity contribution in [2.45, 2.75) is 64.1 Å². The quantitative estimate of drug-likeness (QED) is 0.425. The summed E-state index contributed by atoms with van der Waals surface area (Å²) in [6.45, 7) is 7.54. The van der Waals surface area contributed by atoms with Gasteiger partial charge in [-0.3, -0.25) is 9.48 Å². The maximum absolute atomic E-state index is 13.3. The van der Waals surface area contributed by atoms with Crippen molar-refractivity contribution in [2.75, 3.05) is 18.1 Å². The molecule has 218 valence electrons. The van der Waals surface area contributed by atoms with Crippen molar-refractivity contribution in [3.63, 3.8) is 0 Å². The molecule has 4 heterocycles. The fourth-order valence-corrected chi connectivity index (χ4v) is 5.56. The number of aryl methyl sites for hydroxylation is 2. The number of rotatable bonds is 8. The summed E-state index contributed by atoms with van der Waals surface area (Å²) in [6, 6.07) is 4.33. The number of halogens is 3. The summed E-state index contributed by atoms with van der Waals surface area (Å²) in [7, 11) is -2.64. The van der Waals surface area contributed by atoms with Crippen LogP contribution in [-0.4, -0.2) is 63.7 Å². The van der Waals surface area contributed by atoms with Crippen LogP contribution in [0.15, 0.2) is 35.5 Å². The molecule has 3 aromatic heterocycles. The monoisotopic (exact) mass is 583 g/mol. The Labute approximate surface area is 230 Å². The van der Waals surface area contributed by atoms with Crippen LogP contribution in [0.2, 0.25) is 0 Å². The number of sulfonamides is 1. The van der Waals surface area contributed by atoms with E-state index < -0.39 is 34.1 Å². The smallest absolute Gasteiger partial charge is 0.397 e. The molecular formula is C25H32F3N7O4S. The number of carbonyl (C=O) groups is 1. The molecule has 1 fully saturated rings. The first-order valence-corrected chi connectivity index (χ1v) is 14.0. The van der Waals surface area contributed by atoms with Crippen molar-refractivity contribution < 1.29 is 31.1 Å². The minimum Gasteiger partial charge on any atom is -0.476 e. The van der Waals surface area contributed by atoms with Gasteiger partial charge in [-0.05, 0) is 59.6 Å². The van der Waals surface area contributed by atoms with Gasteiger partial charge >= 0.3 is 6.18 Å². The first-order valence-electron chi connectivity index (χ1n) is 12.5. The summed E-state index contributed by atoms with van der Waals surface area (Å²) in [6.07, 6.45) is -0.00548. The van der Waals surface area contributed by atoms with Gasteiger partial charge in [-0.25, -0.2) is 22.8 Å². The molecule has 3 aromatic rings. The molecule has 15 heteroatoms. The first-order chi connectivity index (χ1) is 18.4. The fraction of sp³-hybridized carbons (Fsp3) is 0.520. The largest absolute Gasteiger partial charge is 0.476 e. The number of hydrogen-bond acceptors (Lipinski definition) is 8. The molecule has 0 atom stereocenters. The number of nitrogens with one attached hydrogen (secondary N) is 1. The van der Waals surface area contributed by atoms with E-state index in [1.165, 1.54) is 46.9 Å². The zero-order valence-corrected chi connectivity index (χ0v) is 23.9. The van der Waals surface area contributed by atoms with Crippen LogP contribution < -0.4 is 14.4 Å². The molecule has 1 saturated heterocycles. The van der Waals surface area contributed by atoms with E-state index in [1.54, 1.807) is 7.05 Å². The number of nitrogens with zero attached hydrogens (tertiary/aromatic N) is 6. The second kappa shape index (κ2) is 10.1. The Bertz CT molecular complexity index is 1530. The Hall–Kier alpha value is -3.62. The number of aromatic nitrogens is 5.